The van der Waals surface area contributed by atoms with Gasteiger partial charge < -0.3 is 0 Å². The molecule has 0 amide bonds. The molecular formula is C9H10ClO. The molecule has 1 aromatic carbocycles. The van der Waals surface area contributed by atoms with Crippen molar-refractivity contribution in [2.45, 2.75) is 19.4 Å². The fourth-order valence-electron chi connectivity index (χ4n) is 0.851. The third-order valence-electron chi connectivity index (χ3n) is 1.54. The molecule has 1 rings (SSSR count). The fraction of sp³-hybridized carbons (Fsp3) is 0.333. The molecule has 0 aliphatic carbocycles. The quantitative estimate of drug-likeness (QED) is 0.616. The molecule has 1 aromatic rings. The first-order valence-corrected chi connectivity index (χ1v) is 3.84. The van der Waals surface area contributed by atoms with E-state index in [9.17, 15) is 5.11 Å². The molecule has 59 valence electrons. The van der Waals surface area contributed by atoms with Gasteiger partial charge in [-0.25, -0.2) is 5.11 Å². The Bertz CT molecular complexity index is 233. The summed E-state index contributed by atoms with van der Waals surface area (Å²) in [6.07, 6.45) is 0. The standard InChI is InChI=1S/C9H10ClO/c1-9(2,11)7-3-5-8(10)6-4-7/h3-6H,1-2H3. The summed E-state index contributed by atoms with van der Waals surface area (Å²) in [6, 6.07) is 6.98. The summed E-state index contributed by atoms with van der Waals surface area (Å²) in [5, 5.41) is 12.0. The third kappa shape index (κ3) is 2.21. The van der Waals surface area contributed by atoms with E-state index in [-0.39, 0.29) is 0 Å². The summed E-state index contributed by atoms with van der Waals surface area (Å²) < 4.78 is 0. The van der Waals surface area contributed by atoms with Crippen molar-refractivity contribution in [1.82, 2.24) is 0 Å². The van der Waals surface area contributed by atoms with Gasteiger partial charge in [-0.3, -0.25) is 0 Å². The van der Waals surface area contributed by atoms with Crippen molar-refractivity contribution < 1.29 is 5.11 Å². The van der Waals surface area contributed by atoms with Crippen molar-refractivity contribution in [1.29, 1.82) is 0 Å². The van der Waals surface area contributed by atoms with Crippen LogP contribution in [0.2, 0.25) is 5.02 Å². The Kier molecular flexibility index (Phi) is 2.21. The van der Waals surface area contributed by atoms with Crippen LogP contribution in [0.4, 0.5) is 0 Å². The van der Waals surface area contributed by atoms with Crippen LogP contribution in [0.3, 0.4) is 0 Å². The molecule has 0 N–H and O–H groups in total. The lowest BCUT2D eigenvalue weighted by Crippen LogP contribution is -2.12. The molecule has 1 nitrogen and oxygen atoms in total. The van der Waals surface area contributed by atoms with Gasteiger partial charge in [0.1, 0.15) is 5.60 Å². The summed E-state index contributed by atoms with van der Waals surface area (Å²) in [4.78, 5) is 0. The van der Waals surface area contributed by atoms with Gasteiger partial charge in [-0.1, -0.05) is 23.7 Å². The minimum absolute atomic E-state index is 0.665. The van der Waals surface area contributed by atoms with Crippen molar-refractivity contribution in [2.24, 2.45) is 0 Å². The van der Waals surface area contributed by atoms with E-state index in [2.05, 4.69) is 0 Å². The van der Waals surface area contributed by atoms with Gasteiger partial charge in [0.25, 0.3) is 0 Å². The van der Waals surface area contributed by atoms with E-state index in [1.54, 1.807) is 38.1 Å². The van der Waals surface area contributed by atoms with E-state index in [1.807, 2.05) is 0 Å². The van der Waals surface area contributed by atoms with Crippen LogP contribution in [0, 0.1) is 0 Å². The van der Waals surface area contributed by atoms with E-state index in [4.69, 9.17) is 11.6 Å². The van der Waals surface area contributed by atoms with Crippen LogP contribution in [0.5, 0.6) is 0 Å². The van der Waals surface area contributed by atoms with Crippen LogP contribution in [0.15, 0.2) is 24.3 Å². The molecule has 11 heavy (non-hydrogen) atoms. The van der Waals surface area contributed by atoms with Crippen LogP contribution >= 0.6 is 11.6 Å². The van der Waals surface area contributed by atoms with Gasteiger partial charge in [-0.05, 0) is 31.5 Å². The lowest BCUT2D eigenvalue weighted by molar-refractivity contribution is -0.0000943. The SMILES string of the molecule is CC(C)([O])c1ccc(Cl)cc1. The summed E-state index contributed by atoms with van der Waals surface area (Å²) in [6.45, 7) is 3.27. The fourth-order valence-corrected chi connectivity index (χ4v) is 0.977. The van der Waals surface area contributed by atoms with Crippen LogP contribution in [0.25, 0.3) is 0 Å². The second-order valence-electron chi connectivity index (χ2n) is 3.02. The number of rotatable bonds is 1. The maximum Gasteiger partial charge on any atom is 0.123 e. The molecule has 0 saturated carbocycles. The predicted molar refractivity (Wildman–Crippen MR) is 45.2 cm³/mol. The third-order valence-corrected chi connectivity index (χ3v) is 1.79. The van der Waals surface area contributed by atoms with Gasteiger partial charge in [-0.15, -0.1) is 0 Å². The summed E-state index contributed by atoms with van der Waals surface area (Å²) in [5.41, 5.74) is -0.258. The second-order valence-corrected chi connectivity index (χ2v) is 3.45. The zero-order valence-electron chi connectivity index (χ0n) is 6.60. The van der Waals surface area contributed by atoms with Gasteiger partial charge >= 0.3 is 0 Å². The van der Waals surface area contributed by atoms with E-state index in [1.165, 1.54) is 0 Å². The van der Waals surface area contributed by atoms with E-state index < -0.39 is 5.60 Å². The van der Waals surface area contributed by atoms with E-state index >= 15 is 0 Å². The van der Waals surface area contributed by atoms with Gasteiger partial charge in [0.2, 0.25) is 0 Å². The Hall–Kier alpha value is -0.530. The first kappa shape index (κ1) is 8.57. The Morgan fingerprint density at radius 3 is 2.00 bits per heavy atom. The maximum atomic E-state index is 11.4. The van der Waals surface area contributed by atoms with Crippen molar-refractivity contribution in [3.05, 3.63) is 34.9 Å². The Morgan fingerprint density at radius 2 is 1.64 bits per heavy atom. The Labute approximate surface area is 71.6 Å². The molecule has 1 radical (unpaired) electrons. The number of halogens is 1. The Balaban J connectivity index is 2.99. The van der Waals surface area contributed by atoms with Crippen LogP contribution in [-0.2, 0) is 10.7 Å². The topological polar surface area (TPSA) is 19.9 Å². The van der Waals surface area contributed by atoms with Crippen molar-refractivity contribution in [3.8, 4) is 0 Å². The molecule has 0 aromatic heterocycles. The molecule has 0 aliphatic rings. The lowest BCUT2D eigenvalue weighted by atomic mass is 9.99. The monoisotopic (exact) mass is 169 g/mol. The molecule has 0 saturated heterocycles. The van der Waals surface area contributed by atoms with Crippen LogP contribution in [-0.4, -0.2) is 0 Å². The molecule has 0 fully saturated rings. The Morgan fingerprint density at radius 1 is 1.18 bits per heavy atom. The second kappa shape index (κ2) is 2.84. The van der Waals surface area contributed by atoms with Crippen LogP contribution < -0.4 is 0 Å². The highest BCUT2D eigenvalue weighted by molar-refractivity contribution is 6.30. The molecule has 2 heteroatoms. The molecule has 0 heterocycles. The largest absolute Gasteiger partial charge is 0.225 e. The molecular weight excluding hydrogens is 160 g/mol. The van der Waals surface area contributed by atoms with Crippen molar-refractivity contribution in [2.75, 3.05) is 0 Å². The predicted octanol–water partition coefficient (Wildman–Crippen LogP) is 3.01. The highest BCUT2D eigenvalue weighted by Gasteiger charge is 2.17. The van der Waals surface area contributed by atoms with Crippen molar-refractivity contribution in [3.63, 3.8) is 0 Å². The number of hydrogen-bond acceptors (Lipinski definition) is 0. The zero-order valence-corrected chi connectivity index (χ0v) is 7.35. The highest BCUT2D eigenvalue weighted by atomic mass is 35.5. The summed E-state index contributed by atoms with van der Waals surface area (Å²) in [7, 11) is 0. The highest BCUT2D eigenvalue weighted by Crippen LogP contribution is 2.21. The van der Waals surface area contributed by atoms with Crippen molar-refractivity contribution >= 4 is 11.6 Å². The molecule has 0 atom stereocenters. The zero-order chi connectivity index (χ0) is 8.48. The summed E-state index contributed by atoms with van der Waals surface area (Å²) >= 11 is 5.66. The average Bonchev–Trinajstić information content (AvgIpc) is 1.86. The first-order valence-electron chi connectivity index (χ1n) is 3.46. The lowest BCUT2D eigenvalue weighted by Gasteiger charge is -2.13. The molecule has 0 spiro atoms. The number of benzene rings is 1. The van der Waals surface area contributed by atoms with Crippen LogP contribution in [0.1, 0.15) is 19.4 Å². The molecule has 0 unspecified atom stereocenters. The smallest absolute Gasteiger partial charge is 0.123 e. The van der Waals surface area contributed by atoms with E-state index in [0.29, 0.717) is 5.02 Å². The van der Waals surface area contributed by atoms with Gasteiger partial charge in [-0.2, -0.15) is 0 Å². The first-order chi connectivity index (χ1) is 5.00. The number of hydrogen-bond donors (Lipinski definition) is 0. The maximum absolute atomic E-state index is 11.4. The normalized spacial score (nSPS) is 11.6. The average molecular weight is 170 g/mol. The van der Waals surface area contributed by atoms with E-state index in [0.717, 1.165) is 5.56 Å². The molecule has 0 aliphatic heterocycles. The summed E-state index contributed by atoms with van der Waals surface area (Å²) in [5.74, 6) is 0. The molecule has 0 bridgehead atoms. The van der Waals surface area contributed by atoms with Gasteiger partial charge in [0.05, 0.1) is 0 Å². The minimum atomic E-state index is -1.02. The van der Waals surface area contributed by atoms with Gasteiger partial charge in [0.15, 0.2) is 0 Å². The minimum Gasteiger partial charge on any atom is -0.225 e. The van der Waals surface area contributed by atoms with Gasteiger partial charge in [0, 0.05) is 5.02 Å².